The molecule has 184 valence electrons. The van der Waals surface area contributed by atoms with Crippen molar-refractivity contribution < 1.29 is 18.7 Å². The van der Waals surface area contributed by atoms with E-state index < -0.39 is 0 Å². The first-order valence-electron chi connectivity index (χ1n) is 11.8. The highest BCUT2D eigenvalue weighted by Gasteiger charge is 2.33. The summed E-state index contributed by atoms with van der Waals surface area (Å²) in [4.78, 5) is 29.7. The molecule has 0 saturated carbocycles. The Kier molecular flexibility index (Phi) is 7.92. The van der Waals surface area contributed by atoms with Crippen LogP contribution in [-0.2, 0) is 16.0 Å². The van der Waals surface area contributed by atoms with E-state index in [-0.39, 0.29) is 36.2 Å². The largest absolute Gasteiger partial charge is 0.375 e. The molecule has 1 unspecified atom stereocenters. The molecule has 0 N–H and O–H groups in total. The van der Waals surface area contributed by atoms with Gasteiger partial charge >= 0.3 is 0 Å². The predicted octanol–water partition coefficient (Wildman–Crippen LogP) is 3.58. The van der Waals surface area contributed by atoms with Gasteiger partial charge in [0.2, 0.25) is 5.91 Å². The van der Waals surface area contributed by atoms with Gasteiger partial charge in [0.15, 0.2) is 0 Å². The molecule has 0 bridgehead atoms. The van der Waals surface area contributed by atoms with E-state index in [1.165, 1.54) is 19.2 Å². The normalized spacial score (nSPS) is 15.1. The lowest BCUT2D eigenvalue weighted by atomic mass is 9.84. The van der Waals surface area contributed by atoms with Crippen LogP contribution in [0.5, 0.6) is 0 Å². The van der Waals surface area contributed by atoms with Crippen molar-refractivity contribution in [2.75, 3.05) is 33.9 Å². The number of nitrogens with zero attached hydrogens (tertiary/aromatic N) is 4. The number of likely N-dealkylation sites (N-methyl/N-ethyl adjacent to an activating group) is 1. The number of carbonyl (C=O) groups excluding carboxylic acids is 2. The monoisotopic (exact) mass is 478 g/mol. The van der Waals surface area contributed by atoms with E-state index in [4.69, 9.17) is 4.74 Å². The van der Waals surface area contributed by atoms with Crippen molar-refractivity contribution >= 4 is 11.8 Å². The molecular formula is C27H31FN4O3. The van der Waals surface area contributed by atoms with Crippen molar-refractivity contribution in [2.24, 2.45) is 5.92 Å². The highest BCUT2D eigenvalue weighted by atomic mass is 19.1. The zero-order chi connectivity index (χ0) is 24.8. The highest BCUT2D eigenvalue weighted by Crippen LogP contribution is 2.28. The summed E-state index contributed by atoms with van der Waals surface area (Å²) in [5.41, 5.74) is 2.34. The maximum Gasteiger partial charge on any atom is 0.256 e. The average Bonchev–Trinajstić information content (AvgIpc) is 3.43. The maximum absolute atomic E-state index is 13.4. The number of hydrogen-bond donors (Lipinski definition) is 0. The van der Waals surface area contributed by atoms with Gasteiger partial charge in [-0.3, -0.25) is 9.59 Å². The van der Waals surface area contributed by atoms with Gasteiger partial charge in [0, 0.05) is 45.7 Å². The summed E-state index contributed by atoms with van der Waals surface area (Å²) >= 11 is 0. The Morgan fingerprint density at radius 1 is 1.11 bits per heavy atom. The van der Waals surface area contributed by atoms with Crippen LogP contribution in [0.3, 0.4) is 0 Å². The Hall–Kier alpha value is -3.52. The molecule has 3 aromatic rings. The van der Waals surface area contributed by atoms with Crippen molar-refractivity contribution in [3.05, 3.63) is 83.9 Å². The average molecular weight is 479 g/mol. The zero-order valence-electron chi connectivity index (χ0n) is 20.1. The van der Waals surface area contributed by atoms with E-state index in [0.717, 1.165) is 24.1 Å². The number of para-hydroxylation sites is 1. The molecule has 1 aromatic heterocycles. The van der Waals surface area contributed by atoms with Gasteiger partial charge in [-0.1, -0.05) is 24.3 Å². The number of piperidine rings is 1. The van der Waals surface area contributed by atoms with Gasteiger partial charge in [0.1, 0.15) is 12.4 Å². The van der Waals surface area contributed by atoms with Crippen LogP contribution in [0.4, 0.5) is 4.39 Å². The summed E-state index contributed by atoms with van der Waals surface area (Å²) in [7, 11) is 3.30. The second-order valence-corrected chi connectivity index (χ2v) is 8.93. The number of carbonyl (C=O) groups is 2. The molecule has 1 aliphatic rings. The highest BCUT2D eigenvalue weighted by molar-refractivity contribution is 5.97. The van der Waals surface area contributed by atoms with Gasteiger partial charge in [0.25, 0.3) is 5.91 Å². The summed E-state index contributed by atoms with van der Waals surface area (Å²) in [5.74, 6) is -0.188. The summed E-state index contributed by atoms with van der Waals surface area (Å²) in [6.07, 6.45) is 5.67. The fourth-order valence-corrected chi connectivity index (χ4v) is 4.82. The van der Waals surface area contributed by atoms with Crippen LogP contribution in [0.15, 0.2) is 67.0 Å². The van der Waals surface area contributed by atoms with Gasteiger partial charge < -0.3 is 14.5 Å². The summed E-state index contributed by atoms with van der Waals surface area (Å²) < 4.78 is 20.2. The molecule has 0 spiro atoms. The molecule has 1 aliphatic heterocycles. The fourth-order valence-electron chi connectivity index (χ4n) is 4.82. The molecule has 35 heavy (non-hydrogen) atoms. The Bertz CT molecular complexity index is 1130. The first kappa shape index (κ1) is 24.6. The molecule has 2 amide bonds. The Labute approximate surface area is 205 Å². The lowest BCUT2D eigenvalue weighted by molar-refractivity contribution is -0.137. The molecule has 4 rings (SSSR count). The van der Waals surface area contributed by atoms with E-state index in [1.807, 2.05) is 41.4 Å². The second kappa shape index (κ2) is 11.3. The van der Waals surface area contributed by atoms with E-state index >= 15 is 0 Å². The molecule has 2 aromatic carbocycles. The number of benzene rings is 2. The number of hydrogen-bond acceptors (Lipinski definition) is 4. The van der Waals surface area contributed by atoms with Crippen LogP contribution in [0.2, 0.25) is 0 Å². The molecule has 2 heterocycles. The fraction of sp³-hybridized carbons (Fsp3) is 0.370. The van der Waals surface area contributed by atoms with Gasteiger partial charge in [-0.25, -0.2) is 9.07 Å². The van der Waals surface area contributed by atoms with Crippen molar-refractivity contribution in [3.8, 4) is 5.69 Å². The van der Waals surface area contributed by atoms with Crippen LogP contribution in [0, 0.1) is 11.7 Å². The van der Waals surface area contributed by atoms with Gasteiger partial charge in [-0.2, -0.15) is 5.10 Å². The summed E-state index contributed by atoms with van der Waals surface area (Å²) in [6, 6.07) is 15.7. The minimum absolute atomic E-state index is 0.0119. The number of rotatable bonds is 8. The molecular weight excluding hydrogens is 447 g/mol. The number of likely N-dealkylation sites (tertiary alicyclic amines) is 1. The number of aromatic nitrogens is 2. The Morgan fingerprint density at radius 3 is 2.49 bits per heavy atom. The van der Waals surface area contributed by atoms with Crippen molar-refractivity contribution in [2.45, 2.75) is 25.3 Å². The summed E-state index contributed by atoms with van der Waals surface area (Å²) in [6.45, 7) is 1.21. The van der Waals surface area contributed by atoms with Crippen molar-refractivity contribution in [1.29, 1.82) is 0 Å². The van der Waals surface area contributed by atoms with Crippen LogP contribution >= 0.6 is 0 Å². The minimum atomic E-state index is -0.281. The molecule has 0 radical (unpaired) electrons. The molecule has 7 nitrogen and oxygen atoms in total. The predicted molar refractivity (Wildman–Crippen MR) is 131 cm³/mol. The first-order chi connectivity index (χ1) is 17.0. The lowest BCUT2D eigenvalue weighted by Crippen LogP contribution is -2.49. The van der Waals surface area contributed by atoms with E-state index in [2.05, 4.69) is 5.10 Å². The zero-order valence-corrected chi connectivity index (χ0v) is 20.1. The minimum Gasteiger partial charge on any atom is -0.375 e. The SMILES string of the molecule is COCC(=O)N(C)C(Cc1ccc(F)cc1)C1CCN(C(=O)c2ccccc2-n2cccn2)CC1. The standard InChI is InChI=1S/C27H31FN4O3/c1-30(26(33)19-35-2)25(18-20-8-10-22(28)11-9-20)21-12-16-31(17-13-21)27(34)23-6-3-4-7-24(23)32-15-5-14-29-32/h3-11,14-15,21,25H,12-13,16-19H2,1-2H3. The van der Waals surface area contributed by atoms with Crippen LogP contribution in [-0.4, -0.2) is 71.3 Å². The van der Waals surface area contributed by atoms with E-state index in [1.54, 1.807) is 35.0 Å². The van der Waals surface area contributed by atoms with Gasteiger partial charge in [0.05, 0.1) is 11.3 Å². The number of ether oxygens (including phenoxy) is 1. The van der Waals surface area contributed by atoms with Crippen LogP contribution in [0.25, 0.3) is 5.69 Å². The Morgan fingerprint density at radius 2 is 1.83 bits per heavy atom. The molecule has 1 atom stereocenters. The lowest BCUT2D eigenvalue weighted by Gasteiger charge is -2.40. The second-order valence-electron chi connectivity index (χ2n) is 8.93. The maximum atomic E-state index is 13.4. The number of amides is 2. The Balaban J connectivity index is 1.48. The summed E-state index contributed by atoms with van der Waals surface area (Å²) in [5, 5.41) is 4.28. The van der Waals surface area contributed by atoms with Gasteiger partial charge in [-0.05, 0) is 61.1 Å². The molecule has 1 saturated heterocycles. The number of methoxy groups -OCH3 is 1. The van der Waals surface area contributed by atoms with E-state index in [9.17, 15) is 14.0 Å². The third kappa shape index (κ3) is 5.77. The topological polar surface area (TPSA) is 67.7 Å². The molecule has 1 fully saturated rings. The quantitative estimate of drug-likeness (QED) is 0.496. The third-order valence-corrected chi connectivity index (χ3v) is 6.77. The van der Waals surface area contributed by atoms with Crippen molar-refractivity contribution in [1.82, 2.24) is 19.6 Å². The van der Waals surface area contributed by atoms with Crippen molar-refractivity contribution in [3.63, 3.8) is 0 Å². The third-order valence-electron chi connectivity index (χ3n) is 6.77. The van der Waals surface area contributed by atoms with Gasteiger partial charge in [-0.15, -0.1) is 0 Å². The number of halogens is 1. The molecule has 0 aliphatic carbocycles. The van der Waals surface area contributed by atoms with Crippen LogP contribution < -0.4 is 0 Å². The van der Waals surface area contributed by atoms with Crippen LogP contribution in [0.1, 0.15) is 28.8 Å². The van der Waals surface area contributed by atoms with E-state index in [0.29, 0.717) is 25.1 Å². The molecule has 8 heteroatoms. The smallest absolute Gasteiger partial charge is 0.256 e. The first-order valence-corrected chi connectivity index (χ1v) is 11.8.